The van der Waals surface area contributed by atoms with Gasteiger partial charge >= 0.3 is 0 Å². The molecule has 1 aliphatic carbocycles. The van der Waals surface area contributed by atoms with Crippen LogP contribution in [0.4, 0.5) is 0 Å². The Labute approximate surface area is 125 Å². The highest BCUT2D eigenvalue weighted by Crippen LogP contribution is 2.29. The smallest absolute Gasteiger partial charge is 0.222 e. The first-order chi connectivity index (χ1) is 9.58. The first-order valence-electron chi connectivity index (χ1n) is 8.58. The Hall–Kier alpha value is -0.570. The van der Waals surface area contributed by atoms with Crippen LogP contribution in [0.1, 0.15) is 72.1 Å². The SMILES string of the molecule is CCCC(CCN)CCC(=O)N(CCC(C)C)C1CC1. The second-order valence-electron chi connectivity index (χ2n) is 6.77. The third-order valence-electron chi connectivity index (χ3n) is 4.29. The normalized spacial score (nSPS) is 16.4. The van der Waals surface area contributed by atoms with E-state index in [1.165, 1.54) is 25.7 Å². The quantitative estimate of drug-likeness (QED) is 0.629. The first-order valence-corrected chi connectivity index (χ1v) is 8.58. The highest BCUT2D eigenvalue weighted by atomic mass is 16.2. The lowest BCUT2D eigenvalue weighted by molar-refractivity contribution is -0.132. The van der Waals surface area contributed by atoms with Crippen LogP contribution in [-0.4, -0.2) is 29.9 Å². The summed E-state index contributed by atoms with van der Waals surface area (Å²) in [5.74, 6) is 1.69. The molecule has 1 amide bonds. The largest absolute Gasteiger partial charge is 0.340 e. The molecule has 2 N–H and O–H groups in total. The minimum Gasteiger partial charge on any atom is -0.340 e. The van der Waals surface area contributed by atoms with Crippen molar-refractivity contribution in [3.63, 3.8) is 0 Å². The summed E-state index contributed by atoms with van der Waals surface area (Å²) in [4.78, 5) is 14.6. The molecule has 0 aromatic rings. The first kappa shape index (κ1) is 17.5. The van der Waals surface area contributed by atoms with Crippen molar-refractivity contribution >= 4 is 5.91 Å². The molecule has 1 unspecified atom stereocenters. The van der Waals surface area contributed by atoms with E-state index in [0.717, 1.165) is 38.8 Å². The Morgan fingerprint density at radius 1 is 1.20 bits per heavy atom. The van der Waals surface area contributed by atoms with Gasteiger partial charge in [-0.25, -0.2) is 0 Å². The fourth-order valence-corrected chi connectivity index (χ4v) is 2.84. The number of amides is 1. The van der Waals surface area contributed by atoms with Gasteiger partial charge in [-0.1, -0.05) is 33.6 Å². The summed E-state index contributed by atoms with van der Waals surface area (Å²) in [6.07, 6.45) is 8.77. The Morgan fingerprint density at radius 3 is 2.40 bits per heavy atom. The van der Waals surface area contributed by atoms with Crippen LogP contribution < -0.4 is 5.73 Å². The zero-order chi connectivity index (χ0) is 15.0. The summed E-state index contributed by atoms with van der Waals surface area (Å²) in [6.45, 7) is 8.38. The molecule has 1 rings (SSSR count). The third kappa shape index (κ3) is 6.74. The lowest BCUT2D eigenvalue weighted by Gasteiger charge is -2.24. The van der Waals surface area contributed by atoms with Gasteiger partial charge in [0, 0.05) is 19.0 Å². The van der Waals surface area contributed by atoms with Gasteiger partial charge in [0.2, 0.25) is 5.91 Å². The van der Waals surface area contributed by atoms with Crippen molar-refractivity contribution < 1.29 is 4.79 Å². The van der Waals surface area contributed by atoms with E-state index in [4.69, 9.17) is 5.73 Å². The van der Waals surface area contributed by atoms with Crippen molar-refractivity contribution in [2.45, 2.75) is 78.2 Å². The number of rotatable bonds is 11. The predicted molar refractivity (Wildman–Crippen MR) is 85.5 cm³/mol. The molecule has 0 radical (unpaired) electrons. The Kier molecular flexibility index (Phi) is 8.20. The van der Waals surface area contributed by atoms with Crippen LogP contribution in [0.5, 0.6) is 0 Å². The summed E-state index contributed by atoms with van der Waals surface area (Å²) in [5, 5.41) is 0. The molecule has 1 aliphatic rings. The molecule has 0 saturated heterocycles. The van der Waals surface area contributed by atoms with Gasteiger partial charge in [0.25, 0.3) is 0 Å². The highest BCUT2D eigenvalue weighted by molar-refractivity contribution is 5.76. The highest BCUT2D eigenvalue weighted by Gasteiger charge is 2.32. The molecular weight excluding hydrogens is 248 g/mol. The van der Waals surface area contributed by atoms with E-state index < -0.39 is 0 Å². The Bertz CT molecular complexity index is 268. The van der Waals surface area contributed by atoms with Crippen LogP contribution in [0.15, 0.2) is 0 Å². The van der Waals surface area contributed by atoms with E-state index in [1.54, 1.807) is 0 Å². The van der Waals surface area contributed by atoms with Crippen molar-refractivity contribution in [3.05, 3.63) is 0 Å². The van der Waals surface area contributed by atoms with Gasteiger partial charge in [-0.15, -0.1) is 0 Å². The average Bonchev–Trinajstić information content (AvgIpc) is 3.21. The predicted octanol–water partition coefficient (Wildman–Crippen LogP) is 3.57. The molecule has 0 aromatic heterocycles. The fraction of sp³-hybridized carbons (Fsp3) is 0.941. The summed E-state index contributed by atoms with van der Waals surface area (Å²) in [6, 6.07) is 0.556. The van der Waals surface area contributed by atoms with E-state index in [9.17, 15) is 4.79 Å². The van der Waals surface area contributed by atoms with E-state index in [1.807, 2.05) is 0 Å². The number of carbonyl (C=O) groups excluding carboxylic acids is 1. The number of hydrogen-bond donors (Lipinski definition) is 1. The number of hydrogen-bond acceptors (Lipinski definition) is 2. The summed E-state index contributed by atoms with van der Waals surface area (Å²) < 4.78 is 0. The van der Waals surface area contributed by atoms with Gasteiger partial charge in [0.15, 0.2) is 0 Å². The molecule has 0 spiro atoms. The monoisotopic (exact) mass is 282 g/mol. The Balaban J connectivity index is 2.36. The topological polar surface area (TPSA) is 46.3 Å². The van der Waals surface area contributed by atoms with Crippen molar-refractivity contribution in [2.24, 2.45) is 17.6 Å². The molecule has 1 fully saturated rings. The average molecular weight is 282 g/mol. The van der Waals surface area contributed by atoms with Gasteiger partial charge in [-0.3, -0.25) is 4.79 Å². The minimum atomic E-state index is 0.381. The molecule has 118 valence electrons. The van der Waals surface area contributed by atoms with Crippen LogP contribution >= 0.6 is 0 Å². The molecule has 0 aliphatic heterocycles. The number of nitrogens with zero attached hydrogens (tertiary/aromatic N) is 1. The van der Waals surface area contributed by atoms with Gasteiger partial charge in [0.1, 0.15) is 0 Å². The molecule has 0 bridgehead atoms. The second kappa shape index (κ2) is 9.38. The minimum absolute atomic E-state index is 0.381. The van der Waals surface area contributed by atoms with Crippen molar-refractivity contribution in [1.82, 2.24) is 4.90 Å². The molecule has 1 atom stereocenters. The summed E-state index contributed by atoms with van der Waals surface area (Å²) in [5.41, 5.74) is 5.67. The molecular formula is C17H34N2O. The molecule has 0 aromatic carbocycles. The maximum absolute atomic E-state index is 12.4. The van der Waals surface area contributed by atoms with Crippen LogP contribution in [0, 0.1) is 11.8 Å². The summed E-state index contributed by atoms with van der Waals surface area (Å²) >= 11 is 0. The number of carbonyl (C=O) groups is 1. The molecule has 1 saturated carbocycles. The Morgan fingerprint density at radius 2 is 1.90 bits per heavy atom. The van der Waals surface area contributed by atoms with Gasteiger partial charge in [-0.2, -0.15) is 0 Å². The maximum Gasteiger partial charge on any atom is 0.222 e. The second-order valence-corrected chi connectivity index (χ2v) is 6.77. The lowest BCUT2D eigenvalue weighted by atomic mass is 9.94. The van der Waals surface area contributed by atoms with Crippen molar-refractivity contribution in [1.29, 1.82) is 0 Å². The molecule has 3 heteroatoms. The van der Waals surface area contributed by atoms with Crippen LogP contribution in [0.3, 0.4) is 0 Å². The van der Waals surface area contributed by atoms with E-state index in [0.29, 0.717) is 23.8 Å². The van der Waals surface area contributed by atoms with Gasteiger partial charge in [0.05, 0.1) is 0 Å². The van der Waals surface area contributed by atoms with E-state index in [2.05, 4.69) is 25.7 Å². The lowest BCUT2D eigenvalue weighted by Crippen LogP contribution is -2.34. The standard InChI is InChI=1S/C17H34N2O/c1-4-5-15(10-12-18)6-9-17(20)19(16-7-8-16)13-11-14(2)3/h14-16H,4-13,18H2,1-3H3. The fourth-order valence-electron chi connectivity index (χ4n) is 2.84. The van der Waals surface area contributed by atoms with Crippen LogP contribution in [-0.2, 0) is 4.79 Å². The zero-order valence-electron chi connectivity index (χ0n) is 13.7. The van der Waals surface area contributed by atoms with Crippen LogP contribution in [0.2, 0.25) is 0 Å². The van der Waals surface area contributed by atoms with Gasteiger partial charge in [-0.05, 0) is 50.5 Å². The van der Waals surface area contributed by atoms with E-state index >= 15 is 0 Å². The molecule has 3 nitrogen and oxygen atoms in total. The number of nitrogens with two attached hydrogens (primary N) is 1. The van der Waals surface area contributed by atoms with Crippen LogP contribution in [0.25, 0.3) is 0 Å². The van der Waals surface area contributed by atoms with Crippen molar-refractivity contribution in [2.75, 3.05) is 13.1 Å². The summed E-state index contributed by atoms with van der Waals surface area (Å²) in [7, 11) is 0. The van der Waals surface area contributed by atoms with E-state index in [-0.39, 0.29) is 0 Å². The van der Waals surface area contributed by atoms with Crippen molar-refractivity contribution in [3.8, 4) is 0 Å². The molecule has 20 heavy (non-hydrogen) atoms. The third-order valence-corrected chi connectivity index (χ3v) is 4.29. The van der Waals surface area contributed by atoms with Gasteiger partial charge < -0.3 is 10.6 Å². The molecule has 0 heterocycles. The maximum atomic E-state index is 12.4. The zero-order valence-corrected chi connectivity index (χ0v) is 13.7.